The molecule has 4 rings (SSSR count). The summed E-state index contributed by atoms with van der Waals surface area (Å²) in [5, 5.41) is 3.74. The standard InChI is InChI=1S/C27H37NO2S/c1-2-28-27-16-15-24-14-13-22(10-6-7-17-31(29,30)20-23-11-12-23)18-25(24)26(27)19-21-8-4-3-5-9-21/h3-5,8-9,13-14,18,23,26-28H,2,6-7,10-12,15-17,19-20H2,1H3. The third-order valence-corrected chi connectivity index (χ3v) is 8.83. The first-order valence-corrected chi connectivity index (χ1v) is 14.0. The fourth-order valence-electron chi connectivity index (χ4n) is 5.11. The van der Waals surface area contributed by atoms with E-state index in [0.29, 0.717) is 29.4 Å². The van der Waals surface area contributed by atoms with E-state index in [9.17, 15) is 8.42 Å². The van der Waals surface area contributed by atoms with E-state index in [-0.39, 0.29) is 0 Å². The number of benzene rings is 2. The molecule has 1 fully saturated rings. The Morgan fingerprint density at radius 2 is 1.77 bits per heavy atom. The summed E-state index contributed by atoms with van der Waals surface area (Å²) >= 11 is 0. The first kappa shape index (κ1) is 22.5. The number of sulfone groups is 1. The molecule has 3 nitrogen and oxygen atoms in total. The van der Waals surface area contributed by atoms with Crippen LogP contribution in [0.15, 0.2) is 48.5 Å². The summed E-state index contributed by atoms with van der Waals surface area (Å²) in [5.41, 5.74) is 5.74. The zero-order valence-corrected chi connectivity index (χ0v) is 19.7. The van der Waals surface area contributed by atoms with Crippen molar-refractivity contribution in [3.05, 3.63) is 70.8 Å². The number of likely N-dealkylation sites (N-methyl/N-ethyl adjacent to an activating group) is 1. The summed E-state index contributed by atoms with van der Waals surface area (Å²) in [6, 6.07) is 18.4. The average Bonchev–Trinajstić information content (AvgIpc) is 3.57. The van der Waals surface area contributed by atoms with Gasteiger partial charge in [-0.3, -0.25) is 0 Å². The van der Waals surface area contributed by atoms with Crippen LogP contribution in [0, 0.1) is 5.92 Å². The highest BCUT2D eigenvalue weighted by atomic mass is 32.2. The fraction of sp³-hybridized carbons (Fsp3) is 0.556. The molecular weight excluding hydrogens is 402 g/mol. The van der Waals surface area contributed by atoms with E-state index >= 15 is 0 Å². The van der Waals surface area contributed by atoms with Crippen LogP contribution in [0.1, 0.15) is 67.2 Å². The van der Waals surface area contributed by atoms with Crippen LogP contribution in [0.25, 0.3) is 0 Å². The number of unbranched alkanes of at least 4 members (excludes halogenated alkanes) is 1. The monoisotopic (exact) mass is 439 g/mol. The van der Waals surface area contributed by atoms with Crippen molar-refractivity contribution in [2.24, 2.45) is 5.92 Å². The van der Waals surface area contributed by atoms with Crippen molar-refractivity contribution in [3.63, 3.8) is 0 Å². The van der Waals surface area contributed by atoms with Crippen LogP contribution < -0.4 is 5.32 Å². The van der Waals surface area contributed by atoms with E-state index in [2.05, 4.69) is 60.8 Å². The highest BCUT2D eigenvalue weighted by Crippen LogP contribution is 2.35. The van der Waals surface area contributed by atoms with Crippen molar-refractivity contribution in [1.82, 2.24) is 5.32 Å². The Morgan fingerprint density at radius 3 is 2.52 bits per heavy atom. The normalized spacial score (nSPS) is 21.1. The van der Waals surface area contributed by atoms with Gasteiger partial charge in [-0.05, 0) is 86.1 Å². The molecule has 0 aromatic heterocycles. The van der Waals surface area contributed by atoms with Gasteiger partial charge in [0.1, 0.15) is 0 Å². The highest BCUT2D eigenvalue weighted by molar-refractivity contribution is 7.91. The van der Waals surface area contributed by atoms with Crippen LogP contribution in [0.4, 0.5) is 0 Å². The first-order chi connectivity index (χ1) is 15.0. The number of aryl methyl sites for hydroxylation is 2. The molecule has 0 bridgehead atoms. The van der Waals surface area contributed by atoms with Gasteiger partial charge < -0.3 is 5.32 Å². The fourth-order valence-corrected chi connectivity index (χ4v) is 6.97. The molecule has 2 atom stereocenters. The summed E-state index contributed by atoms with van der Waals surface area (Å²) in [5.74, 6) is 1.72. The van der Waals surface area contributed by atoms with Gasteiger partial charge in [0, 0.05) is 12.0 Å². The lowest BCUT2D eigenvalue weighted by atomic mass is 9.75. The van der Waals surface area contributed by atoms with Gasteiger partial charge in [-0.25, -0.2) is 8.42 Å². The molecule has 2 unspecified atom stereocenters. The molecule has 168 valence electrons. The molecule has 4 heteroatoms. The van der Waals surface area contributed by atoms with Gasteiger partial charge in [-0.15, -0.1) is 0 Å². The molecular formula is C27H37NO2S. The van der Waals surface area contributed by atoms with E-state index in [1.54, 1.807) is 0 Å². The molecule has 1 N–H and O–H groups in total. The van der Waals surface area contributed by atoms with Gasteiger partial charge in [0.2, 0.25) is 0 Å². The molecule has 0 saturated heterocycles. The minimum absolute atomic E-state index is 0.355. The molecule has 31 heavy (non-hydrogen) atoms. The van der Waals surface area contributed by atoms with Crippen molar-refractivity contribution in [2.45, 2.75) is 70.3 Å². The minimum Gasteiger partial charge on any atom is -0.314 e. The second-order valence-electron chi connectivity index (χ2n) is 9.55. The third kappa shape index (κ3) is 6.43. The Labute approximate surface area is 188 Å². The van der Waals surface area contributed by atoms with E-state index in [1.807, 2.05) is 0 Å². The van der Waals surface area contributed by atoms with Crippen molar-refractivity contribution in [2.75, 3.05) is 18.1 Å². The van der Waals surface area contributed by atoms with Gasteiger partial charge in [-0.1, -0.05) is 55.5 Å². The molecule has 2 aromatic carbocycles. The molecule has 2 aromatic rings. The Kier molecular flexibility index (Phi) is 7.50. The van der Waals surface area contributed by atoms with E-state index < -0.39 is 9.84 Å². The van der Waals surface area contributed by atoms with Crippen LogP contribution in [0.5, 0.6) is 0 Å². The zero-order chi connectivity index (χ0) is 21.7. The number of rotatable bonds is 11. The SMILES string of the molecule is CCNC1CCc2ccc(CCCCS(=O)(=O)CC3CC3)cc2C1Cc1ccccc1. The highest BCUT2D eigenvalue weighted by Gasteiger charge is 2.30. The van der Waals surface area contributed by atoms with Crippen LogP contribution in [0.2, 0.25) is 0 Å². The Bertz CT molecular complexity index is 950. The lowest BCUT2D eigenvalue weighted by Gasteiger charge is -2.35. The lowest BCUT2D eigenvalue weighted by Crippen LogP contribution is -2.39. The van der Waals surface area contributed by atoms with E-state index in [0.717, 1.165) is 51.5 Å². The second-order valence-corrected chi connectivity index (χ2v) is 11.8. The summed E-state index contributed by atoms with van der Waals surface area (Å²) in [6.07, 6.45) is 8.29. The van der Waals surface area contributed by atoms with Crippen molar-refractivity contribution >= 4 is 9.84 Å². The molecule has 1 saturated carbocycles. The number of hydrogen-bond donors (Lipinski definition) is 1. The summed E-state index contributed by atoms with van der Waals surface area (Å²) in [6.45, 7) is 3.20. The molecule has 0 amide bonds. The Hall–Kier alpha value is -1.65. The van der Waals surface area contributed by atoms with E-state index in [1.165, 1.54) is 28.7 Å². The number of nitrogens with one attached hydrogen (secondary N) is 1. The minimum atomic E-state index is -2.85. The number of hydrogen-bond acceptors (Lipinski definition) is 3. The average molecular weight is 440 g/mol. The molecule has 0 spiro atoms. The molecule has 2 aliphatic rings. The van der Waals surface area contributed by atoms with Crippen LogP contribution in [-0.2, 0) is 29.1 Å². The van der Waals surface area contributed by atoms with Crippen molar-refractivity contribution in [3.8, 4) is 0 Å². The van der Waals surface area contributed by atoms with Crippen molar-refractivity contribution in [1.29, 1.82) is 0 Å². The second kappa shape index (κ2) is 10.3. The Balaban J connectivity index is 1.42. The zero-order valence-electron chi connectivity index (χ0n) is 18.9. The number of fused-ring (bicyclic) bond motifs is 1. The van der Waals surface area contributed by atoms with Crippen LogP contribution in [0.3, 0.4) is 0 Å². The lowest BCUT2D eigenvalue weighted by molar-refractivity contribution is 0.392. The molecule has 0 aliphatic heterocycles. The maximum absolute atomic E-state index is 12.2. The molecule has 2 aliphatic carbocycles. The summed E-state index contributed by atoms with van der Waals surface area (Å²) < 4.78 is 24.4. The maximum Gasteiger partial charge on any atom is 0.150 e. The Morgan fingerprint density at radius 1 is 0.968 bits per heavy atom. The maximum atomic E-state index is 12.2. The first-order valence-electron chi connectivity index (χ1n) is 12.1. The van der Waals surface area contributed by atoms with Gasteiger partial charge in [0.15, 0.2) is 9.84 Å². The predicted molar refractivity (Wildman–Crippen MR) is 129 cm³/mol. The molecule has 0 heterocycles. The van der Waals surface area contributed by atoms with Crippen LogP contribution >= 0.6 is 0 Å². The van der Waals surface area contributed by atoms with Gasteiger partial charge >= 0.3 is 0 Å². The smallest absolute Gasteiger partial charge is 0.150 e. The largest absolute Gasteiger partial charge is 0.314 e. The predicted octanol–water partition coefficient (Wildman–Crippen LogP) is 5.08. The van der Waals surface area contributed by atoms with Crippen molar-refractivity contribution < 1.29 is 8.42 Å². The van der Waals surface area contributed by atoms with Gasteiger partial charge in [-0.2, -0.15) is 0 Å². The van der Waals surface area contributed by atoms with Gasteiger partial charge in [0.05, 0.1) is 11.5 Å². The van der Waals surface area contributed by atoms with Gasteiger partial charge in [0.25, 0.3) is 0 Å². The van der Waals surface area contributed by atoms with E-state index in [4.69, 9.17) is 0 Å². The topological polar surface area (TPSA) is 46.2 Å². The summed E-state index contributed by atoms with van der Waals surface area (Å²) in [7, 11) is -2.85. The molecule has 0 radical (unpaired) electrons. The third-order valence-electron chi connectivity index (χ3n) is 6.94. The summed E-state index contributed by atoms with van der Waals surface area (Å²) in [4.78, 5) is 0. The van der Waals surface area contributed by atoms with Crippen LogP contribution in [-0.4, -0.2) is 32.5 Å². The quantitative estimate of drug-likeness (QED) is 0.496.